The summed E-state index contributed by atoms with van der Waals surface area (Å²) >= 11 is 0. The van der Waals surface area contributed by atoms with E-state index in [4.69, 9.17) is 10.5 Å². The molecule has 1 aromatic carbocycles. The monoisotopic (exact) mass is 238 g/mol. The largest absolute Gasteiger partial charge is 0.379 e. The molecule has 5 heteroatoms. The number of ether oxygens (including phenoxy) is 1. The van der Waals surface area contributed by atoms with Crippen LogP contribution < -0.4 is 10.6 Å². The van der Waals surface area contributed by atoms with Gasteiger partial charge in [-0.2, -0.15) is 0 Å². The van der Waals surface area contributed by atoms with Gasteiger partial charge in [0.25, 0.3) is 0 Å². The van der Waals surface area contributed by atoms with Crippen LogP contribution in [0.3, 0.4) is 0 Å². The van der Waals surface area contributed by atoms with Gasteiger partial charge in [0.05, 0.1) is 13.2 Å². The van der Waals surface area contributed by atoms with E-state index in [0.29, 0.717) is 18.9 Å². The SMILES string of the molecule is CN(C(=O)C1(CN)COC1)c1ccc(F)cc1. The fraction of sp³-hybridized carbons (Fsp3) is 0.417. The molecule has 17 heavy (non-hydrogen) atoms. The zero-order valence-corrected chi connectivity index (χ0v) is 9.65. The molecule has 1 aliphatic rings. The number of nitrogens with two attached hydrogens (primary N) is 1. The minimum Gasteiger partial charge on any atom is -0.379 e. The predicted molar refractivity (Wildman–Crippen MR) is 62.1 cm³/mol. The number of hydrogen-bond acceptors (Lipinski definition) is 3. The second kappa shape index (κ2) is 4.43. The van der Waals surface area contributed by atoms with Gasteiger partial charge < -0.3 is 15.4 Å². The Labute approximate surface area is 99.2 Å². The third-order valence-electron chi connectivity index (χ3n) is 3.12. The molecule has 2 N–H and O–H groups in total. The van der Waals surface area contributed by atoms with E-state index in [9.17, 15) is 9.18 Å². The maximum Gasteiger partial charge on any atom is 0.238 e. The van der Waals surface area contributed by atoms with Crippen molar-refractivity contribution in [1.29, 1.82) is 0 Å². The first-order valence-corrected chi connectivity index (χ1v) is 5.41. The molecular formula is C12H15FN2O2. The van der Waals surface area contributed by atoms with E-state index in [-0.39, 0.29) is 18.3 Å². The summed E-state index contributed by atoms with van der Waals surface area (Å²) in [4.78, 5) is 13.7. The molecule has 1 heterocycles. The number of nitrogens with zero attached hydrogens (tertiary/aromatic N) is 1. The summed E-state index contributed by atoms with van der Waals surface area (Å²) in [5, 5.41) is 0. The molecule has 0 aliphatic carbocycles. The van der Waals surface area contributed by atoms with E-state index < -0.39 is 5.41 Å². The molecule has 1 aliphatic heterocycles. The summed E-state index contributed by atoms with van der Waals surface area (Å²) in [5.41, 5.74) is 5.66. The lowest BCUT2D eigenvalue weighted by molar-refractivity contribution is -0.156. The molecule has 0 bridgehead atoms. The summed E-state index contributed by atoms with van der Waals surface area (Å²) in [7, 11) is 1.66. The highest BCUT2D eigenvalue weighted by Crippen LogP contribution is 2.30. The molecule has 1 fully saturated rings. The summed E-state index contributed by atoms with van der Waals surface area (Å²) in [6.45, 7) is 0.971. The topological polar surface area (TPSA) is 55.6 Å². The Hall–Kier alpha value is -1.46. The van der Waals surface area contributed by atoms with Crippen LogP contribution in [0, 0.1) is 11.2 Å². The summed E-state index contributed by atoms with van der Waals surface area (Å²) in [5.74, 6) is -0.409. The van der Waals surface area contributed by atoms with Crippen LogP contribution in [-0.2, 0) is 9.53 Å². The van der Waals surface area contributed by atoms with Crippen molar-refractivity contribution in [3.05, 3.63) is 30.1 Å². The maximum atomic E-state index is 12.8. The van der Waals surface area contributed by atoms with Crippen LogP contribution in [0.15, 0.2) is 24.3 Å². The van der Waals surface area contributed by atoms with E-state index in [1.54, 1.807) is 19.2 Å². The predicted octanol–water partition coefficient (Wildman–Crippen LogP) is 0.764. The van der Waals surface area contributed by atoms with Crippen LogP contribution in [-0.4, -0.2) is 32.7 Å². The first-order valence-electron chi connectivity index (χ1n) is 5.41. The molecule has 1 saturated heterocycles. The van der Waals surface area contributed by atoms with E-state index in [0.717, 1.165) is 0 Å². The Kier molecular flexibility index (Phi) is 3.13. The highest BCUT2D eigenvalue weighted by Gasteiger charge is 2.46. The molecule has 0 atom stereocenters. The Morgan fingerprint density at radius 2 is 2.06 bits per heavy atom. The first kappa shape index (κ1) is 12.0. The van der Waals surface area contributed by atoms with Gasteiger partial charge in [0.15, 0.2) is 0 Å². The molecule has 0 aromatic heterocycles. The molecule has 4 nitrogen and oxygen atoms in total. The van der Waals surface area contributed by atoms with Gasteiger partial charge in [-0.1, -0.05) is 0 Å². The average molecular weight is 238 g/mol. The van der Waals surface area contributed by atoms with Gasteiger partial charge in [-0.05, 0) is 24.3 Å². The third kappa shape index (κ3) is 2.03. The van der Waals surface area contributed by atoms with Crippen molar-refractivity contribution in [2.24, 2.45) is 11.1 Å². The zero-order chi connectivity index (χ0) is 12.5. The number of carbonyl (C=O) groups is 1. The maximum absolute atomic E-state index is 12.8. The van der Waals surface area contributed by atoms with Crippen LogP contribution in [0.2, 0.25) is 0 Å². The lowest BCUT2D eigenvalue weighted by Gasteiger charge is -2.41. The van der Waals surface area contributed by atoms with Crippen LogP contribution in [0.25, 0.3) is 0 Å². The molecule has 0 saturated carbocycles. The van der Waals surface area contributed by atoms with Gasteiger partial charge in [-0.15, -0.1) is 0 Å². The normalized spacial score (nSPS) is 17.4. The molecule has 1 amide bonds. The summed E-state index contributed by atoms with van der Waals surface area (Å²) in [6, 6.07) is 5.78. The van der Waals surface area contributed by atoms with Crippen molar-refractivity contribution in [1.82, 2.24) is 0 Å². The van der Waals surface area contributed by atoms with Crippen molar-refractivity contribution in [3.8, 4) is 0 Å². The standard InChI is InChI=1S/C12H15FN2O2/c1-15(10-4-2-9(13)3-5-10)11(16)12(6-14)7-17-8-12/h2-5H,6-8,14H2,1H3. The molecule has 0 radical (unpaired) electrons. The Morgan fingerprint density at radius 1 is 1.47 bits per heavy atom. The second-order valence-corrected chi connectivity index (χ2v) is 4.32. The second-order valence-electron chi connectivity index (χ2n) is 4.32. The molecule has 0 unspecified atom stereocenters. The number of hydrogen-bond donors (Lipinski definition) is 1. The van der Waals surface area contributed by atoms with Crippen LogP contribution in [0.1, 0.15) is 0 Å². The fourth-order valence-electron chi connectivity index (χ4n) is 1.81. The lowest BCUT2D eigenvalue weighted by atomic mass is 9.84. The third-order valence-corrected chi connectivity index (χ3v) is 3.12. The van der Waals surface area contributed by atoms with Gasteiger partial charge in [0.2, 0.25) is 5.91 Å². The number of amides is 1. The van der Waals surface area contributed by atoms with Crippen LogP contribution in [0.4, 0.5) is 10.1 Å². The Morgan fingerprint density at radius 3 is 2.47 bits per heavy atom. The van der Waals surface area contributed by atoms with Crippen molar-refractivity contribution in [2.45, 2.75) is 0 Å². The first-order chi connectivity index (χ1) is 8.09. The van der Waals surface area contributed by atoms with Crippen molar-refractivity contribution in [2.75, 3.05) is 31.7 Å². The summed E-state index contributed by atoms with van der Waals surface area (Å²) < 4.78 is 17.9. The molecule has 0 spiro atoms. The lowest BCUT2D eigenvalue weighted by Crippen LogP contribution is -2.58. The summed E-state index contributed by atoms with van der Waals surface area (Å²) in [6.07, 6.45) is 0. The minimum atomic E-state index is -0.608. The van der Waals surface area contributed by atoms with E-state index in [1.165, 1.54) is 17.0 Å². The number of carbonyl (C=O) groups excluding carboxylic acids is 1. The number of benzene rings is 1. The van der Waals surface area contributed by atoms with Gasteiger partial charge >= 0.3 is 0 Å². The van der Waals surface area contributed by atoms with Crippen LogP contribution in [0.5, 0.6) is 0 Å². The molecule has 1 aromatic rings. The molecule has 92 valence electrons. The van der Waals surface area contributed by atoms with E-state index in [2.05, 4.69) is 0 Å². The average Bonchev–Trinajstić information content (AvgIpc) is 2.28. The van der Waals surface area contributed by atoms with E-state index in [1.807, 2.05) is 0 Å². The molecular weight excluding hydrogens is 223 g/mol. The number of halogens is 1. The number of rotatable bonds is 3. The smallest absolute Gasteiger partial charge is 0.238 e. The molecule has 2 rings (SSSR count). The number of anilines is 1. The van der Waals surface area contributed by atoms with Gasteiger partial charge in [-0.3, -0.25) is 4.79 Å². The van der Waals surface area contributed by atoms with Gasteiger partial charge in [0.1, 0.15) is 11.2 Å². The zero-order valence-electron chi connectivity index (χ0n) is 9.65. The van der Waals surface area contributed by atoms with Crippen molar-refractivity contribution in [3.63, 3.8) is 0 Å². The Bertz CT molecular complexity index is 410. The minimum absolute atomic E-state index is 0.0853. The van der Waals surface area contributed by atoms with Gasteiger partial charge in [-0.25, -0.2) is 4.39 Å². The fourth-order valence-corrected chi connectivity index (χ4v) is 1.81. The Balaban J connectivity index is 2.17. The van der Waals surface area contributed by atoms with Gasteiger partial charge in [0, 0.05) is 19.3 Å². The van der Waals surface area contributed by atoms with Crippen molar-refractivity contribution >= 4 is 11.6 Å². The van der Waals surface area contributed by atoms with E-state index >= 15 is 0 Å². The highest BCUT2D eigenvalue weighted by atomic mass is 19.1. The highest BCUT2D eigenvalue weighted by molar-refractivity contribution is 5.98. The quantitative estimate of drug-likeness (QED) is 0.846. The van der Waals surface area contributed by atoms with Crippen molar-refractivity contribution < 1.29 is 13.9 Å². The van der Waals surface area contributed by atoms with Crippen LogP contribution >= 0.6 is 0 Å².